The first-order valence-electron chi connectivity index (χ1n) is 4.92. The number of aliphatic hydroxyl groups is 3. The van der Waals surface area contributed by atoms with Crippen molar-refractivity contribution in [3.63, 3.8) is 0 Å². The summed E-state index contributed by atoms with van der Waals surface area (Å²) in [6.07, 6.45) is -7.29. The highest BCUT2D eigenvalue weighted by Crippen LogP contribution is 2.23. The van der Waals surface area contributed by atoms with E-state index in [4.69, 9.17) is 14.6 Å². The van der Waals surface area contributed by atoms with Crippen LogP contribution in [0.15, 0.2) is 0 Å². The number of carboxylic acids is 1. The molecule has 1 fully saturated rings. The lowest BCUT2D eigenvalue weighted by atomic mass is 9.99. The van der Waals surface area contributed by atoms with Crippen molar-refractivity contribution in [3.8, 4) is 0 Å². The zero-order chi connectivity index (χ0) is 12.5. The van der Waals surface area contributed by atoms with Crippen LogP contribution in [0.2, 0.25) is 0 Å². The Hall–Kier alpha value is -0.730. The molecular weight excluding hydrogens is 220 g/mol. The summed E-state index contributed by atoms with van der Waals surface area (Å²) in [5.74, 6) is -1.21. The van der Waals surface area contributed by atoms with Crippen LogP contribution in [-0.2, 0) is 14.3 Å². The van der Waals surface area contributed by atoms with Crippen molar-refractivity contribution in [1.82, 2.24) is 0 Å². The molecule has 16 heavy (non-hydrogen) atoms. The minimum Gasteiger partial charge on any atom is -0.479 e. The molecule has 4 N–H and O–H groups in total. The molecule has 0 aromatic rings. The van der Waals surface area contributed by atoms with Gasteiger partial charge in [-0.2, -0.15) is 0 Å². The van der Waals surface area contributed by atoms with Gasteiger partial charge in [0.1, 0.15) is 18.3 Å². The van der Waals surface area contributed by atoms with Crippen molar-refractivity contribution in [1.29, 1.82) is 0 Å². The molecule has 1 saturated heterocycles. The SMILES string of the molecule is C[C@@H]1O[C@@H](O)[C@H](O)[C@H](O[C@H](C)C(=O)O)[C@H]1O. The van der Waals surface area contributed by atoms with Gasteiger partial charge in [0.25, 0.3) is 0 Å². The van der Waals surface area contributed by atoms with Gasteiger partial charge in [-0.25, -0.2) is 4.79 Å². The summed E-state index contributed by atoms with van der Waals surface area (Å²) in [4.78, 5) is 10.6. The lowest BCUT2D eigenvalue weighted by Gasteiger charge is -2.39. The van der Waals surface area contributed by atoms with Crippen LogP contribution < -0.4 is 0 Å². The second-order valence-electron chi connectivity index (χ2n) is 3.79. The van der Waals surface area contributed by atoms with Crippen LogP contribution in [0.5, 0.6) is 0 Å². The Morgan fingerprint density at radius 1 is 1.31 bits per heavy atom. The number of hydrogen-bond donors (Lipinski definition) is 4. The maximum Gasteiger partial charge on any atom is 0.332 e. The highest BCUT2D eigenvalue weighted by molar-refractivity contribution is 5.71. The average molecular weight is 236 g/mol. The van der Waals surface area contributed by atoms with Crippen LogP contribution in [0, 0.1) is 0 Å². The Balaban J connectivity index is 2.70. The minimum atomic E-state index is -1.50. The number of hydrogen-bond acceptors (Lipinski definition) is 6. The lowest BCUT2D eigenvalue weighted by molar-refractivity contribution is -0.290. The molecule has 0 aromatic heterocycles. The van der Waals surface area contributed by atoms with Gasteiger partial charge in [0.2, 0.25) is 0 Å². The Kier molecular flexibility index (Phi) is 4.22. The highest BCUT2D eigenvalue weighted by Gasteiger charge is 2.44. The summed E-state index contributed by atoms with van der Waals surface area (Å²) < 4.78 is 9.79. The number of rotatable bonds is 3. The molecule has 0 aliphatic carbocycles. The maximum absolute atomic E-state index is 10.6. The van der Waals surface area contributed by atoms with Gasteiger partial charge in [0.05, 0.1) is 6.10 Å². The summed E-state index contributed by atoms with van der Waals surface area (Å²) in [5, 5.41) is 37.1. The summed E-state index contributed by atoms with van der Waals surface area (Å²) in [7, 11) is 0. The van der Waals surface area contributed by atoms with Crippen LogP contribution in [-0.4, -0.2) is 63.2 Å². The summed E-state index contributed by atoms with van der Waals surface area (Å²) in [6.45, 7) is 2.76. The molecule has 0 unspecified atom stereocenters. The Labute approximate surface area is 92.2 Å². The van der Waals surface area contributed by atoms with E-state index in [-0.39, 0.29) is 0 Å². The number of aliphatic carboxylic acids is 1. The molecule has 0 aromatic carbocycles. The molecular formula is C9H16O7. The fraction of sp³-hybridized carbons (Fsp3) is 0.889. The zero-order valence-electron chi connectivity index (χ0n) is 8.98. The van der Waals surface area contributed by atoms with E-state index in [0.29, 0.717) is 0 Å². The number of carboxylic acid groups (broad SMARTS) is 1. The molecule has 1 aliphatic rings. The lowest BCUT2D eigenvalue weighted by Crippen LogP contribution is -2.58. The zero-order valence-corrected chi connectivity index (χ0v) is 8.98. The third kappa shape index (κ3) is 2.69. The van der Waals surface area contributed by atoms with E-state index in [9.17, 15) is 20.1 Å². The molecule has 0 saturated carbocycles. The molecule has 7 heteroatoms. The monoisotopic (exact) mass is 236 g/mol. The number of aliphatic hydroxyl groups excluding tert-OH is 3. The van der Waals surface area contributed by atoms with E-state index in [0.717, 1.165) is 0 Å². The van der Waals surface area contributed by atoms with Gasteiger partial charge in [-0.05, 0) is 13.8 Å². The molecule has 0 spiro atoms. The average Bonchev–Trinajstić information content (AvgIpc) is 2.21. The normalized spacial score (nSPS) is 41.7. The van der Waals surface area contributed by atoms with Crippen molar-refractivity contribution in [3.05, 3.63) is 0 Å². The van der Waals surface area contributed by atoms with E-state index >= 15 is 0 Å². The van der Waals surface area contributed by atoms with Crippen LogP contribution in [0.3, 0.4) is 0 Å². The topological polar surface area (TPSA) is 116 Å². The van der Waals surface area contributed by atoms with Crippen molar-refractivity contribution < 1.29 is 34.7 Å². The fourth-order valence-corrected chi connectivity index (χ4v) is 1.47. The van der Waals surface area contributed by atoms with Crippen LogP contribution >= 0.6 is 0 Å². The van der Waals surface area contributed by atoms with Gasteiger partial charge in [-0.15, -0.1) is 0 Å². The van der Waals surface area contributed by atoms with Crippen molar-refractivity contribution in [2.75, 3.05) is 0 Å². The third-order valence-corrected chi connectivity index (χ3v) is 2.51. The maximum atomic E-state index is 10.6. The highest BCUT2D eigenvalue weighted by atomic mass is 16.6. The molecule has 94 valence electrons. The molecule has 7 nitrogen and oxygen atoms in total. The van der Waals surface area contributed by atoms with Crippen LogP contribution in [0.25, 0.3) is 0 Å². The molecule has 6 atom stereocenters. The van der Waals surface area contributed by atoms with Crippen LogP contribution in [0.4, 0.5) is 0 Å². The smallest absolute Gasteiger partial charge is 0.332 e. The van der Waals surface area contributed by atoms with E-state index in [1.165, 1.54) is 13.8 Å². The van der Waals surface area contributed by atoms with E-state index < -0.39 is 42.8 Å². The van der Waals surface area contributed by atoms with Crippen molar-refractivity contribution in [2.24, 2.45) is 0 Å². The number of carbonyl (C=O) groups is 1. The van der Waals surface area contributed by atoms with Gasteiger partial charge < -0.3 is 29.9 Å². The van der Waals surface area contributed by atoms with E-state index in [1.807, 2.05) is 0 Å². The van der Waals surface area contributed by atoms with Crippen molar-refractivity contribution >= 4 is 5.97 Å². The second-order valence-corrected chi connectivity index (χ2v) is 3.79. The van der Waals surface area contributed by atoms with E-state index in [1.54, 1.807) is 0 Å². The summed E-state index contributed by atoms with van der Waals surface area (Å²) in [6, 6.07) is 0. The largest absolute Gasteiger partial charge is 0.479 e. The molecule has 1 aliphatic heterocycles. The first kappa shape index (κ1) is 13.3. The first-order chi connectivity index (χ1) is 7.34. The molecule has 0 amide bonds. The summed E-state index contributed by atoms with van der Waals surface area (Å²) >= 11 is 0. The van der Waals surface area contributed by atoms with Gasteiger partial charge in [0, 0.05) is 0 Å². The summed E-state index contributed by atoms with van der Waals surface area (Å²) in [5.41, 5.74) is 0. The van der Waals surface area contributed by atoms with E-state index in [2.05, 4.69) is 0 Å². The molecule has 1 heterocycles. The second kappa shape index (κ2) is 5.07. The van der Waals surface area contributed by atoms with Gasteiger partial charge in [-0.3, -0.25) is 0 Å². The Bertz CT molecular complexity index is 242. The molecule has 0 bridgehead atoms. The first-order valence-corrected chi connectivity index (χ1v) is 4.92. The molecule has 1 rings (SSSR count). The van der Waals surface area contributed by atoms with Gasteiger partial charge in [-0.1, -0.05) is 0 Å². The predicted molar refractivity (Wildman–Crippen MR) is 50.5 cm³/mol. The fourth-order valence-electron chi connectivity index (χ4n) is 1.47. The quantitative estimate of drug-likeness (QED) is 0.461. The van der Waals surface area contributed by atoms with Gasteiger partial charge >= 0.3 is 5.97 Å². The van der Waals surface area contributed by atoms with Crippen molar-refractivity contribution in [2.45, 2.75) is 50.7 Å². The number of ether oxygens (including phenoxy) is 2. The standard InChI is InChI=1S/C9H16O7/c1-3-5(10)7(6(11)9(14)16-3)15-4(2)8(12)13/h3-7,9-11,14H,1-2H3,(H,12,13)/t3-,4+,5-,6+,7+,9+/m0/s1. The van der Waals surface area contributed by atoms with Crippen LogP contribution in [0.1, 0.15) is 13.8 Å². The predicted octanol–water partition coefficient (Wildman–Crippen LogP) is -1.70. The minimum absolute atomic E-state index is 0.746. The van der Waals surface area contributed by atoms with Gasteiger partial charge in [0.15, 0.2) is 12.4 Å². The third-order valence-electron chi connectivity index (χ3n) is 2.51. The molecule has 0 radical (unpaired) electrons. The Morgan fingerprint density at radius 3 is 2.38 bits per heavy atom. The Morgan fingerprint density at radius 2 is 1.88 bits per heavy atom.